The molecular weight excluding hydrogens is 175 g/mol. The number of rotatable bonds is 8. The largest absolute Gasteiger partial charge is 0.465 e. The molecule has 0 aromatic rings. The van der Waals surface area contributed by atoms with Crippen LogP contribution < -0.4 is 0 Å². The summed E-state index contributed by atoms with van der Waals surface area (Å²) in [6.07, 6.45) is 5.37. The first-order chi connectivity index (χ1) is 6.74. The van der Waals surface area contributed by atoms with Crippen LogP contribution in [0.25, 0.3) is 0 Å². The van der Waals surface area contributed by atoms with Gasteiger partial charge in [-0.3, -0.25) is 4.79 Å². The van der Waals surface area contributed by atoms with E-state index >= 15 is 0 Å². The van der Waals surface area contributed by atoms with E-state index in [1.165, 1.54) is 12.8 Å². The molecule has 0 aliphatic rings. The minimum Gasteiger partial charge on any atom is -0.465 e. The second-order valence-corrected chi connectivity index (χ2v) is 3.64. The van der Waals surface area contributed by atoms with Crippen molar-refractivity contribution < 1.29 is 9.53 Å². The fraction of sp³-hybridized carbons (Fsp3) is 0.909. The van der Waals surface area contributed by atoms with Crippen LogP contribution in [0.2, 0.25) is 6.32 Å². The van der Waals surface area contributed by atoms with E-state index in [-0.39, 0.29) is 5.97 Å². The molecule has 0 aromatic heterocycles. The lowest BCUT2D eigenvalue weighted by Crippen LogP contribution is -2.13. The fourth-order valence-corrected chi connectivity index (χ4v) is 1.30. The van der Waals surface area contributed by atoms with Crippen LogP contribution in [0.15, 0.2) is 0 Å². The topological polar surface area (TPSA) is 26.3 Å². The summed E-state index contributed by atoms with van der Waals surface area (Å²) in [4.78, 5) is 11.0. The van der Waals surface area contributed by atoms with Gasteiger partial charge in [-0.05, 0) is 12.3 Å². The van der Waals surface area contributed by atoms with Gasteiger partial charge < -0.3 is 4.74 Å². The molecule has 0 N–H and O–H groups in total. The highest BCUT2D eigenvalue weighted by molar-refractivity contribution is 6.09. The zero-order chi connectivity index (χ0) is 10.8. The Morgan fingerprint density at radius 1 is 1.43 bits per heavy atom. The Balaban J connectivity index is 3.55. The number of carbonyl (C=O) groups excluding carboxylic acids is 1. The predicted octanol–water partition coefficient (Wildman–Crippen LogP) is 2.72. The van der Waals surface area contributed by atoms with Gasteiger partial charge in [-0.15, -0.1) is 0 Å². The molecule has 0 aromatic carbocycles. The molecule has 2 nitrogen and oxygen atoms in total. The van der Waals surface area contributed by atoms with Gasteiger partial charge >= 0.3 is 5.97 Å². The van der Waals surface area contributed by atoms with E-state index in [0.29, 0.717) is 25.3 Å². The summed E-state index contributed by atoms with van der Waals surface area (Å²) in [7, 11) is 5.25. The number of ether oxygens (including phenoxy) is 1. The zero-order valence-electron chi connectivity index (χ0n) is 9.42. The minimum atomic E-state index is -0.164. The van der Waals surface area contributed by atoms with Gasteiger partial charge in [0.2, 0.25) is 0 Å². The first-order valence-electron chi connectivity index (χ1n) is 5.60. The lowest BCUT2D eigenvalue weighted by Gasteiger charge is -2.14. The standard InChI is InChI=1S/C11H21BO2/c1-3-5-6-10(4-2)9-14-11(13)7-8-12/h10H,3-9H2,1-2H3. The summed E-state index contributed by atoms with van der Waals surface area (Å²) >= 11 is 0. The van der Waals surface area contributed by atoms with Gasteiger partial charge in [0.15, 0.2) is 0 Å². The highest BCUT2D eigenvalue weighted by atomic mass is 16.5. The molecule has 0 aliphatic heterocycles. The van der Waals surface area contributed by atoms with Gasteiger partial charge in [-0.1, -0.05) is 39.4 Å². The van der Waals surface area contributed by atoms with Crippen molar-refractivity contribution in [3.63, 3.8) is 0 Å². The van der Waals surface area contributed by atoms with Crippen LogP contribution in [0, 0.1) is 5.92 Å². The summed E-state index contributed by atoms with van der Waals surface area (Å²) < 4.78 is 5.11. The van der Waals surface area contributed by atoms with Crippen molar-refractivity contribution in [2.24, 2.45) is 5.92 Å². The van der Waals surface area contributed by atoms with Gasteiger partial charge in [0, 0.05) is 6.42 Å². The van der Waals surface area contributed by atoms with E-state index in [1.54, 1.807) is 0 Å². The molecule has 0 saturated heterocycles. The normalized spacial score (nSPS) is 12.4. The Morgan fingerprint density at radius 3 is 2.64 bits per heavy atom. The van der Waals surface area contributed by atoms with Crippen LogP contribution >= 0.6 is 0 Å². The monoisotopic (exact) mass is 196 g/mol. The summed E-state index contributed by atoms with van der Waals surface area (Å²) in [5, 5.41) is 0. The summed E-state index contributed by atoms with van der Waals surface area (Å²) in [5.74, 6) is 0.360. The van der Waals surface area contributed by atoms with Crippen LogP contribution in [0.4, 0.5) is 0 Å². The van der Waals surface area contributed by atoms with Gasteiger partial charge in [-0.2, -0.15) is 0 Å². The molecule has 0 aliphatic carbocycles. The molecule has 1 unspecified atom stereocenters. The van der Waals surface area contributed by atoms with Crippen molar-refractivity contribution in [2.45, 2.75) is 52.3 Å². The average Bonchev–Trinajstić information content (AvgIpc) is 2.19. The summed E-state index contributed by atoms with van der Waals surface area (Å²) in [6, 6.07) is 0. The smallest absolute Gasteiger partial charge is 0.305 e. The van der Waals surface area contributed by atoms with Gasteiger partial charge in [0.05, 0.1) is 14.5 Å². The molecule has 1 atom stereocenters. The average molecular weight is 196 g/mol. The molecule has 0 amide bonds. The van der Waals surface area contributed by atoms with Gasteiger partial charge in [0.25, 0.3) is 0 Å². The Kier molecular flexibility index (Phi) is 8.80. The second-order valence-electron chi connectivity index (χ2n) is 3.64. The first-order valence-corrected chi connectivity index (χ1v) is 5.60. The Morgan fingerprint density at radius 2 is 2.14 bits per heavy atom. The minimum absolute atomic E-state index is 0.164. The quantitative estimate of drug-likeness (QED) is 0.440. The maximum absolute atomic E-state index is 11.0. The highest BCUT2D eigenvalue weighted by Gasteiger charge is 2.08. The van der Waals surface area contributed by atoms with Crippen LogP contribution in [0.1, 0.15) is 46.0 Å². The third-order valence-corrected chi connectivity index (χ3v) is 2.37. The maximum atomic E-state index is 11.0. The molecule has 0 spiro atoms. The fourth-order valence-electron chi connectivity index (χ4n) is 1.30. The molecule has 0 saturated carbocycles. The van der Waals surface area contributed by atoms with Crippen molar-refractivity contribution in [3.05, 3.63) is 0 Å². The third kappa shape index (κ3) is 6.99. The van der Waals surface area contributed by atoms with E-state index in [9.17, 15) is 4.79 Å². The first kappa shape index (κ1) is 13.5. The number of esters is 1. The van der Waals surface area contributed by atoms with Crippen LogP contribution in [0.3, 0.4) is 0 Å². The molecule has 3 heteroatoms. The molecule has 2 radical (unpaired) electrons. The maximum Gasteiger partial charge on any atom is 0.305 e. The predicted molar refractivity (Wildman–Crippen MR) is 59.4 cm³/mol. The number of carbonyl (C=O) groups is 1. The van der Waals surface area contributed by atoms with Crippen molar-refractivity contribution in [1.29, 1.82) is 0 Å². The number of unbranched alkanes of at least 4 members (excludes halogenated alkanes) is 1. The third-order valence-electron chi connectivity index (χ3n) is 2.37. The van der Waals surface area contributed by atoms with Crippen molar-refractivity contribution in [2.75, 3.05) is 6.61 Å². The summed E-state index contributed by atoms with van der Waals surface area (Å²) in [6.45, 7) is 4.87. The van der Waals surface area contributed by atoms with Gasteiger partial charge in [-0.25, -0.2) is 0 Å². The summed E-state index contributed by atoms with van der Waals surface area (Å²) in [5.41, 5.74) is 0. The Labute approximate surface area is 88.8 Å². The Bertz CT molecular complexity index is 148. The number of hydrogen-bond donors (Lipinski definition) is 0. The molecule has 0 heterocycles. The lowest BCUT2D eigenvalue weighted by molar-refractivity contribution is -0.144. The van der Waals surface area contributed by atoms with Gasteiger partial charge in [0.1, 0.15) is 0 Å². The van der Waals surface area contributed by atoms with Crippen LogP contribution in [0.5, 0.6) is 0 Å². The van der Waals surface area contributed by atoms with Crippen LogP contribution in [-0.2, 0) is 9.53 Å². The van der Waals surface area contributed by atoms with Crippen molar-refractivity contribution in [1.82, 2.24) is 0 Å². The van der Waals surface area contributed by atoms with Crippen molar-refractivity contribution >= 4 is 13.8 Å². The highest BCUT2D eigenvalue weighted by Crippen LogP contribution is 2.13. The molecule has 0 bridgehead atoms. The molecular formula is C11H21BO2. The molecule has 14 heavy (non-hydrogen) atoms. The van der Waals surface area contributed by atoms with Crippen molar-refractivity contribution in [3.8, 4) is 0 Å². The van der Waals surface area contributed by atoms with E-state index in [4.69, 9.17) is 12.6 Å². The molecule has 0 rings (SSSR count). The molecule has 0 fully saturated rings. The second kappa shape index (κ2) is 9.10. The van der Waals surface area contributed by atoms with E-state index < -0.39 is 0 Å². The SMILES string of the molecule is [B]CCC(=O)OCC(CC)CCCC. The van der Waals surface area contributed by atoms with Crippen LogP contribution in [-0.4, -0.2) is 20.4 Å². The van der Waals surface area contributed by atoms with E-state index in [1.807, 2.05) is 0 Å². The Hall–Kier alpha value is -0.465. The van der Waals surface area contributed by atoms with E-state index in [0.717, 1.165) is 12.8 Å². The molecule has 80 valence electrons. The van der Waals surface area contributed by atoms with E-state index in [2.05, 4.69) is 13.8 Å². The lowest BCUT2D eigenvalue weighted by atomic mass is 10.0. The number of hydrogen-bond acceptors (Lipinski definition) is 2. The zero-order valence-corrected chi connectivity index (χ0v) is 9.42.